The number of hydrogen-bond acceptors (Lipinski definition) is 16. The molecule has 368 valence electrons. The summed E-state index contributed by atoms with van der Waals surface area (Å²) in [5.41, 5.74) is 0. The first-order valence-electron chi connectivity index (χ1n) is 22.9. The Morgan fingerprint density at radius 3 is 0.585 bits per heavy atom. The zero-order chi connectivity index (χ0) is 48.9. The number of hydrogen-bond donors (Lipinski definition) is 0. The van der Waals surface area contributed by atoms with Gasteiger partial charge in [0, 0.05) is 24.3 Å². The molecule has 0 fully saturated rings. The molecule has 0 atom stereocenters. The van der Waals surface area contributed by atoms with Gasteiger partial charge >= 0.3 is 47.8 Å². The second kappa shape index (κ2) is 57.5. The molecule has 16 nitrogen and oxygen atoms in total. The minimum absolute atomic E-state index is 0. The van der Waals surface area contributed by atoms with E-state index >= 15 is 0 Å². The number of aliphatic carboxylic acids is 4. The van der Waals surface area contributed by atoms with Crippen molar-refractivity contribution in [3.05, 3.63) is 48.6 Å². The first kappa shape index (κ1) is 69.6. The molecule has 0 aliphatic carbocycles. The number of esters is 4. The maximum absolute atomic E-state index is 10.9. The monoisotopic (exact) mass is 1030 g/mol. The zero-order valence-electron chi connectivity index (χ0n) is 39.4. The SMILES string of the molecule is CCCCCCCCOC(=O)C=CC(=O)[O-].CCCCCCCCOC(=O)C=CC(=O)[O-].CCCCCCCCOC(=O)C=CC(=O)[O-].CCCCCCCCOC(=O)C=CC(=O)[O-].[Sn+4]. The second-order valence-electron chi connectivity index (χ2n) is 14.4. The summed E-state index contributed by atoms with van der Waals surface area (Å²) in [7, 11) is 0. The van der Waals surface area contributed by atoms with Crippen LogP contribution >= 0.6 is 0 Å². The van der Waals surface area contributed by atoms with Gasteiger partial charge in [0.05, 0.1) is 50.3 Å². The smallest absolute Gasteiger partial charge is 0.545 e. The molecule has 0 aromatic heterocycles. The van der Waals surface area contributed by atoms with E-state index in [1.807, 2.05) is 0 Å². The summed E-state index contributed by atoms with van der Waals surface area (Å²) in [5.74, 6) is -8.08. The summed E-state index contributed by atoms with van der Waals surface area (Å²) in [6.45, 7) is 10.0. The molecule has 0 bridgehead atoms. The number of carboxylic acids is 4. The van der Waals surface area contributed by atoms with Gasteiger partial charge in [0.25, 0.3) is 0 Å². The minimum Gasteiger partial charge on any atom is -0.545 e. The molecule has 0 radical (unpaired) electrons. The van der Waals surface area contributed by atoms with Crippen molar-refractivity contribution >= 4 is 71.7 Å². The maximum atomic E-state index is 10.9. The van der Waals surface area contributed by atoms with E-state index in [4.69, 9.17) is 18.9 Å². The van der Waals surface area contributed by atoms with E-state index in [0.717, 1.165) is 101 Å². The number of rotatable bonds is 36. The Morgan fingerprint density at radius 1 is 0.277 bits per heavy atom. The molecule has 0 saturated carbocycles. The first-order chi connectivity index (χ1) is 30.7. The third-order valence-corrected chi connectivity index (χ3v) is 8.39. The summed E-state index contributed by atoms with van der Waals surface area (Å²) in [6.07, 6.45) is 32.9. The topological polar surface area (TPSA) is 266 Å². The van der Waals surface area contributed by atoms with Gasteiger partial charge in [0.15, 0.2) is 0 Å². The molecule has 0 rings (SSSR count). The van der Waals surface area contributed by atoms with Gasteiger partial charge in [-0.15, -0.1) is 0 Å². The van der Waals surface area contributed by atoms with Crippen molar-refractivity contribution in [2.75, 3.05) is 26.4 Å². The van der Waals surface area contributed by atoms with Crippen LogP contribution in [0, 0.1) is 0 Å². The van der Waals surface area contributed by atoms with Crippen molar-refractivity contribution in [1.82, 2.24) is 0 Å². The molecule has 65 heavy (non-hydrogen) atoms. The fourth-order valence-electron chi connectivity index (χ4n) is 4.96. The van der Waals surface area contributed by atoms with E-state index in [1.165, 1.54) is 77.0 Å². The van der Waals surface area contributed by atoms with Crippen molar-refractivity contribution in [3.63, 3.8) is 0 Å². The van der Waals surface area contributed by atoms with Gasteiger partial charge < -0.3 is 58.6 Å². The van der Waals surface area contributed by atoms with Crippen molar-refractivity contribution in [1.29, 1.82) is 0 Å². The second-order valence-corrected chi connectivity index (χ2v) is 14.4. The molecule has 0 aliphatic heterocycles. The predicted octanol–water partition coefficient (Wildman–Crippen LogP) is 4.40. The van der Waals surface area contributed by atoms with Crippen LogP contribution in [0.15, 0.2) is 48.6 Å². The molecule has 0 aromatic rings. The Labute approximate surface area is 404 Å². The Balaban J connectivity index is -0.000000245. The number of unbranched alkanes of at least 4 members (excludes halogenated alkanes) is 20. The van der Waals surface area contributed by atoms with Crippen LogP contribution in [0.2, 0.25) is 0 Å². The Hall–Kier alpha value is -4.48. The van der Waals surface area contributed by atoms with Gasteiger partial charge in [-0.3, -0.25) is 0 Å². The third kappa shape index (κ3) is 74.2. The average Bonchev–Trinajstić information content (AvgIpc) is 3.25. The fraction of sp³-hybridized carbons (Fsp3) is 0.667. The van der Waals surface area contributed by atoms with Crippen LogP contribution in [0.4, 0.5) is 0 Å². The van der Waals surface area contributed by atoms with E-state index in [1.54, 1.807) is 0 Å². The quantitative estimate of drug-likeness (QED) is 0.0277. The van der Waals surface area contributed by atoms with Crippen LogP contribution < -0.4 is 20.4 Å². The fourth-order valence-corrected chi connectivity index (χ4v) is 4.96. The Kier molecular flexibility index (Phi) is 61.6. The minimum atomic E-state index is -1.39. The van der Waals surface area contributed by atoms with Gasteiger partial charge in [-0.1, -0.05) is 156 Å². The molecule has 0 aromatic carbocycles. The van der Waals surface area contributed by atoms with Gasteiger partial charge in [-0.25, -0.2) is 19.2 Å². The van der Waals surface area contributed by atoms with Gasteiger partial charge in [0.2, 0.25) is 0 Å². The van der Waals surface area contributed by atoms with Crippen molar-refractivity contribution in [2.45, 2.75) is 182 Å². The van der Waals surface area contributed by atoms with Crippen molar-refractivity contribution in [2.24, 2.45) is 0 Å². The Bertz CT molecular complexity index is 1140. The summed E-state index contributed by atoms with van der Waals surface area (Å²) >= 11 is 0. The summed E-state index contributed by atoms with van der Waals surface area (Å²) in [6, 6.07) is 0. The molecule has 17 heteroatoms. The third-order valence-electron chi connectivity index (χ3n) is 8.39. The molecule has 0 heterocycles. The van der Waals surface area contributed by atoms with E-state index in [0.29, 0.717) is 50.7 Å². The van der Waals surface area contributed by atoms with Gasteiger partial charge in [-0.2, -0.15) is 0 Å². The first-order valence-corrected chi connectivity index (χ1v) is 22.9. The number of carboxylic acid groups (broad SMARTS) is 4. The summed E-state index contributed by atoms with van der Waals surface area (Å²) in [4.78, 5) is 83.4. The molecular formula is C48H76O16Sn. The normalized spacial score (nSPS) is 10.4. The van der Waals surface area contributed by atoms with Crippen molar-refractivity contribution in [3.8, 4) is 0 Å². The van der Waals surface area contributed by atoms with Crippen LogP contribution in [0.1, 0.15) is 182 Å². The van der Waals surface area contributed by atoms with Crippen LogP contribution in [0.25, 0.3) is 0 Å². The molecule has 0 unspecified atom stereocenters. The average molecular weight is 1030 g/mol. The largest absolute Gasteiger partial charge is 4.00 e. The summed E-state index contributed by atoms with van der Waals surface area (Å²) in [5, 5.41) is 39.9. The van der Waals surface area contributed by atoms with Gasteiger partial charge in [0.1, 0.15) is 0 Å². The van der Waals surface area contributed by atoms with Crippen molar-refractivity contribution < 1.29 is 77.7 Å². The van der Waals surface area contributed by atoms with E-state index < -0.39 is 47.8 Å². The summed E-state index contributed by atoms with van der Waals surface area (Å²) < 4.78 is 19.1. The van der Waals surface area contributed by atoms with Crippen LogP contribution in [-0.2, 0) is 57.3 Å². The molecule has 0 spiro atoms. The van der Waals surface area contributed by atoms with E-state index in [9.17, 15) is 58.8 Å². The van der Waals surface area contributed by atoms with E-state index in [-0.39, 0.29) is 23.9 Å². The van der Waals surface area contributed by atoms with E-state index in [2.05, 4.69) is 27.7 Å². The predicted molar refractivity (Wildman–Crippen MR) is 240 cm³/mol. The maximum Gasteiger partial charge on any atom is 4.00 e. The zero-order valence-corrected chi connectivity index (χ0v) is 42.3. The molecule has 0 saturated heterocycles. The Morgan fingerprint density at radius 2 is 0.431 bits per heavy atom. The standard InChI is InChI=1S/4C12H20O4.Sn/c4*1-2-3-4-5-6-7-10-16-12(15)9-8-11(13)14;/h4*8-9H,2-7,10H2,1H3,(H,13,14);/q;;;;+4/p-4. The van der Waals surface area contributed by atoms with Gasteiger partial charge in [-0.05, 0) is 50.0 Å². The molecular weight excluding hydrogens is 951 g/mol. The number of ether oxygens (including phenoxy) is 4. The van der Waals surface area contributed by atoms with Crippen LogP contribution in [0.3, 0.4) is 0 Å². The number of carbonyl (C=O) groups is 8. The van der Waals surface area contributed by atoms with Crippen LogP contribution in [0.5, 0.6) is 0 Å². The van der Waals surface area contributed by atoms with Crippen LogP contribution in [-0.4, -0.2) is 98.1 Å². The number of carbonyl (C=O) groups excluding carboxylic acids is 8. The molecule has 0 N–H and O–H groups in total. The molecule has 0 aliphatic rings. The molecule has 0 amide bonds.